The smallest absolute Gasteiger partial charge is 0.315 e. The molecule has 8 heteroatoms. The quantitative estimate of drug-likeness (QED) is 0.575. The second kappa shape index (κ2) is 10.1. The molecule has 0 unspecified atom stereocenters. The fraction of sp³-hybridized carbons (Fsp3) is 0.286. The largest absolute Gasteiger partial charge is 0.495 e. The summed E-state index contributed by atoms with van der Waals surface area (Å²) in [4.78, 5) is 35.5. The minimum Gasteiger partial charge on any atom is -0.495 e. The molecule has 0 aromatic heterocycles. The lowest BCUT2D eigenvalue weighted by Crippen LogP contribution is -2.39. The van der Waals surface area contributed by atoms with Crippen LogP contribution in [0, 0.1) is 0 Å². The van der Waals surface area contributed by atoms with E-state index in [4.69, 9.17) is 4.74 Å². The van der Waals surface area contributed by atoms with E-state index in [9.17, 15) is 14.4 Å². The number of urea groups is 1. The zero-order chi connectivity index (χ0) is 21.4. The second-order valence-electron chi connectivity index (χ2n) is 6.73. The van der Waals surface area contributed by atoms with Gasteiger partial charge in [-0.1, -0.05) is 12.1 Å². The average Bonchev–Trinajstić information content (AvgIpc) is 2.66. The van der Waals surface area contributed by atoms with Gasteiger partial charge < -0.3 is 26.0 Å². The molecule has 0 saturated heterocycles. The highest BCUT2D eigenvalue weighted by molar-refractivity contribution is 6.05. The molecule has 0 aliphatic rings. The Labute approximate surface area is 170 Å². The van der Waals surface area contributed by atoms with Crippen LogP contribution >= 0.6 is 0 Å². The fourth-order valence-corrected chi connectivity index (χ4v) is 2.55. The van der Waals surface area contributed by atoms with Crippen molar-refractivity contribution in [1.82, 2.24) is 10.6 Å². The Morgan fingerprint density at radius 2 is 1.69 bits per heavy atom. The van der Waals surface area contributed by atoms with E-state index in [2.05, 4.69) is 21.3 Å². The van der Waals surface area contributed by atoms with Crippen LogP contribution in [0.4, 0.5) is 16.2 Å². The maximum atomic E-state index is 12.6. The molecular formula is C21H26N4O4. The van der Waals surface area contributed by atoms with Crippen molar-refractivity contribution < 1.29 is 19.1 Å². The van der Waals surface area contributed by atoms with Gasteiger partial charge in [0.15, 0.2) is 0 Å². The molecule has 154 valence electrons. The first-order chi connectivity index (χ1) is 13.8. The third kappa shape index (κ3) is 6.84. The molecule has 0 heterocycles. The minimum atomic E-state index is -0.319. The number of ether oxygens (including phenoxy) is 1. The van der Waals surface area contributed by atoms with Crippen LogP contribution < -0.4 is 26.0 Å². The number of rotatable bonds is 7. The van der Waals surface area contributed by atoms with Gasteiger partial charge in [-0.05, 0) is 49.7 Å². The highest BCUT2D eigenvalue weighted by Gasteiger charge is 2.11. The topological polar surface area (TPSA) is 109 Å². The van der Waals surface area contributed by atoms with Crippen molar-refractivity contribution in [2.24, 2.45) is 0 Å². The van der Waals surface area contributed by atoms with Crippen LogP contribution in [0.15, 0.2) is 42.5 Å². The zero-order valence-electron chi connectivity index (χ0n) is 17.0. The first-order valence-electron chi connectivity index (χ1n) is 9.18. The molecule has 0 spiro atoms. The number of carbonyl (C=O) groups is 3. The molecule has 8 nitrogen and oxygen atoms in total. The van der Waals surface area contributed by atoms with Crippen LogP contribution in [0.25, 0.3) is 0 Å². The molecule has 2 aromatic carbocycles. The summed E-state index contributed by atoms with van der Waals surface area (Å²) in [6.45, 7) is 5.53. The van der Waals surface area contributed by atoms with Gasteiger partial charge in [-0.15, -0.1) is 0 Å². The van der Waals surface area contributed by atoms with Gasteiger partial charge in [0.05, 0.1) is 12.8 Å². The predicted octanol–water partition coefficient (Wildman–Crippen LogP) is 3.11. The molecule has 0 atom stereocenters. The van der Waals surface area contributed by atoms with E-state index in [1.807, 2.05) is 13.8 Å². The molecule has 0 saturated carbocycles. The van der Waals surface area contributed by atoms with Crippen LogP contribution in [-0.4, -0.2) is 31.0 Å². The first-order valence-corrected chi connectivity index (χ1v) is 9.18. The van der Waals surface area contributed by atoms with E-state index in [0.29, 0.717) is 29.2 Å². The van der Waals surface area contributed by atoms with Crippen LogP contribution in [0.1, 0.15) is 36.7 Å². The predicted molar refractivity (Wildman–Crippen MR) is 112 cm³/mol. The fourth-order valence-electron chi connectivity index (χ4n) is 2.55. The summed E-state index contributed by atoms with van der Waals surface area (Å²) < 4.78 is 5.27. The number of carbonyl (C=O) groups excluding carboxylic acids is 3. The second-order valence-corrected chi connectivity index (χ2v) is 6.73. The highest BCUT2D eigenvalue weighted by Crippen LogP contribution is 2.28. The van der Waals surface area contributed by atoms with Crippen LogP contribution in [0.5, 0.6) is 5.75 Å². The molecule has 0 fully saturated rings. The van der Waals surface area contributed by atoms with Gasteiger partial charge in [0.2, 0.25) is 5.91 Å². The van der Waals surface area contributed by atoms with E-state index in [0.717, 1.165) is 5.56 Å². The Morgan fingerprint density at radius 1 is 1.00 bits per heavy atom. The zero-order valence-corrected chi connectivity index (χ0v) is 17.0. The van der Waals surface area contributed by atoms with E-state index in [1.54, 1.807) is 42.5 Å². The number of nitrogens with one attached hydrogen (secondary N) is 4. The van der Waals surface area contributed by atoms with Crippen LogP contribution in [0.2, 0.25) is 0 Å². The van der Waals surface area contributed by atoms with Gasteiger partial charge in [0.1, 0.15) is 5.75 Å². The molecule has 0 aliphatic heterocycles. The number of hydrogen-bond donors (Lipinski definition) is 4. The lowest BCUT2D eigenvalue weighted by Gasteiger charge is -2.13. The monoisotopic (exact) mass is 398 g/mol. The van der Waals surface area contributed by atoms with E-state index in [-0.39, 0.29) is 23.9 Å². The summed E-state index contributed by atoms with van der Waals surface area (Å²) in [5, 5.41) is 11.0. The minimum absolute atomic E-state index is 0.0576. The van der Waals surface area contributed by atoms with Crippen molar-refractivity contribution >= 4 is 29.2 Å². The van der Waals surface area contributed by atoms with E-state index >= 15 is 0 Å². The average molecular weight is 398 g/mol. The molecule has 2 aromatic rings. The molecule has 0 radical (unpaired) electrons. The number of anilines is 2. The van der Waals surface area contributed by atoms with Crippen molar-refractivity contribution in [2.45, 2.75) is 33.4 Å². The van der Waals surface area contributed by atoms with Crippen LogP contribution in [-0.2, 0) is 11.3 Å². The standard InChI is InChI=1S/C21H26N4O4/c1-13(2)23-21(28)22-12-15-5-7-16(8-6-15)20(27)25-18-11-17(24-14(3)26)9-10-19(18)29-4/h5-11,13H,12H2,1-4H3,(H,24,26)(H,25,27)(H2,22,23,28). The third-order valence-electron chi connectivity index (χ3n) is 3.86. The first kappa shape index (κ1) is 21.7. The van der Waals surface area contributed by atoms with E-state index in [1.165, 1.54) is 14.0 Å². The molecular weight excluding hydrogens is 372 g/mol. The Morgan fingerprint density at radius 3 is 2.28 bits per heavy atom. The van der Waals surface area contributed by atoms with Gasteiger partial charge in [-0.2, -0.15) is 0 Å². The SMILES string of the molecule is COc1ccc(NC(C)=O)cc1NC(=O)c1ccc(CNC(=O)NC(C)C)cc1. The van der Waals surface area contributed by atoms with Crippen molar-refractivity contribution in [2.75, 3.05) is 17.7 Å². The third-order valence-corrected chi connectivity index (χ3v) is 3.86. The molecule has 4 N–H and O–H groups in total. The van der Waals surface area contributed by atoms with Crippen LogP contribution in [0.3, 0.4) is 0 Å². The molecule has 0 bridgehead atoms. The summed E-state index contributed by atoms with van der Waals surface area (Å²) in [7, 11) is 1.50. The summed E-state index contributed by atoms with van der Waals surface area (Å²) in [6, 6.07) is 11.7. The molecule has 2 rings (SSSR count). The Hall–Kier alpha value is -3.55. The van der Waals surface area contributed by atoms with Gasteiger partial charge in [-0.25, -0.2) is 4.79 Å². The van der Waals surface area contributed by atoms with Gasteiger partial charge in [0.25, 0.3) is 5.91 Å². The van der Waals surface area contributed by atoms with Crippen molar-refractivity contribution in [3.05, 3.63) is 53.6 Å². The Balaban J connectivity index is 2.03. The lowest BCUT2D eigenvalue weighted by atomic mass is 10.1. The maximum Gasteiger partial charge on any atom is 0.315 e. The van der Waals surface area contributed by atoms with Crippen molar-refractivity contribution in [3.8, 4) is 5.75 Å². The van der Waals surface area contributed by atoms with Gasteiger partial charge >= 0.3 is 6.03 Å². The number of benzene rings is 2. The highest BCUT2D eigenvalue weighted by atomic mass is 16.5. The molecule has 0 aliphatic carbocycles. The van der Waals surface area contributed by atoms with Gasteiger partial charge in [-0.3, -0.25) is 9.59 Å². The van der Waals surface area contributed by atoms with Gasteiger partial charge in [0, 0.05) is 30.8 Å². The van der Waals surface area contributed by atoms with Crippen molar-refractivity contribution in [3.63, 3.8) is 0 Å². The number of methoxy groups -OCH3 is 1. The molecule has 4 amide bonds. The maximum absolute atomic E-state index is 12.6. The summed E-state index contributed by atoms with van der Waals surface area (Å²) in [5.74, 6) is -0.0523. The normalized spacial score (nSPS) is 10.2. The lowest BCUT2D eigenvalue weighted by molar-refractivity contribution is -0.114. The van der Waals surface area contributed by atoms with E-state index < -0.39 is 0 Å². The summed E-state index contributed by atoms with van der Waals surface area (Å²) in [6.07, 6.45) is 0. The molecule has 29 heavy (non-hydrogen) atoms. The summed E-state index contributed by atoms with van der Waals surface area (Å²) in [5.41, 5.74) is 2.31. The number of hydrogen-bond acceptors (Lipinski definition) is 4. The Kier molecular flexibility index (Phi) is 7.59. The van der Waals surface area contributed by atoms with Crippen molar-refractivity contribution in [1.29, 1.82) is 0 Å². The Bertz CT molecular complexity index is 879. The summed E-state index contributed by atoms with van der Waals surface area (Å²) >= 11 is 0. The number of amides is 4.